The number of benzene rings is 13. The van der Waals surface area contributed by atoms with Crippen LogP contribution in [0.3, 0.4) is 0 Å². The lowest BCUT2D eigenvalue weighted by atomic mass is 9.80. The van der Waals surface area contributed by atoms with Gasteiger partial charge in [0, 0.05) is 82.1 Å². The lowest BCUT2D eigenvalue weighted by Crippen LogP contribution is -2.15. The second-order valence-corrected chi connectivity index (χ2v) is 28.0. The molecule has 444 valence electrons. The first-order valence-corrected chi connectivity index (χ1v) is 33.1. The first-order valence-electron chi connectivity index (χ1n) is 33.1. The molecule has 0 aliphatic heterocycles. The Hall–Kier alpha value is -11.4. The largest absolute Gasteiger partial charge is 0.309 e. The zero-order chi connectivity index (χ0) is 62.7. The van der Waals surface area contributed by atoms with E-state index < -0.39 is 0 Å². The molecule has 0 unspecified atom stereocenters. The van der Waals surface area contributed by atoms with E-state index in [1.54, 1.807) is 0 Å². The van der Waals surface area contributed by atoms with Crippen molar-refractivity contribution in [1.29, 1.82) is 0 Å². The molecule has 0 saturated heterocycles. The van der Waals surface area contributed by atoms with Crippen molar-refractivity contribution >= 4 is 76.3 Å². The molecule has 3 aliphatic carbocycles. The molecule has 13 aromatic carbocycles. The van der Waals surface area contributed by atoms with Gasteiger partial charge in [0.05, 0.1) is 44.3 Å². The minimum absolute atomic E-state index is 0.159. The van der Waals surface area contributed by atoms with Gasteiger partial charge in [-0.15, -0.1) is 0 Å². The van der Waals surface area contributed by atoms with E-state index in [-0.39, 0.29) is 16.2 Å². The van der Waals surface area contributed by atoms with E-state index in [4.69, 9.17) is 9.97 Å². The summed E-state index contributed by atoms with van der Waals surface area (Å²) in [6, 6.07) is 102. The summed E-state index contributed by atoms with van der Waals surface area (Å²) in [5.74, 6) is 0.673. The Kier molecular flexibility index (Phi) is 10.7. The lowest BCUT2D eigenvalue weighted by Gasteiger charge is -2.22. The third kappa shape index (κ3) is 7.08. The maximum Gasteiger partial charge on any atom is 0.160 e. The van der Waals surface area contributed by atoms with Crippen LogP contribution in [0.2, 0.25) is 0 Å². The quantitative estimate of drug-likeness (QED) is 0.166. The standard InChI is InChI=1S/C89H63N5/c1-87(2)69-31-13-7-25-59(69)62-42-46-76-79(82(62)87)65-28-10-16-34-73(65)92(76)56-40-37-52(38-41-56)86-90-72-45-39-54(53-21-19-23-57(49-53)93-74-35-17-11-29-66(74)80-77(93)47-43-63-60-26-8-14-32-70(60)88(3,4)83(63)80)51-68(72)85(91-86)55-22-20-24-58(50-55)94-75-36-18-12-30-67(75)81-78(94)48-44-64-61-27-9-15-33-71(61)89(5,6)84(64)81/h7-51H,1-6H3. The molecular formula is C89H63N5. The topological polar surface area (TPSA) is 40.6 Å². The molecule has 94 heavy (non-hydrogen) atoms. The van der Waals surface area contributed by atoms with Crippen LogP contribution in [0.15, 0.2) is 273 Å². The summed E-state index contributed by atoms with van der Waals surface area (Å²) in [4.78, 5) is 11.2. The van der Waals surface area contributed by atoms with Crippen LogP contribution in [0.25, 0.3) is 161 Å². The predicted molar refractivity (Wildman–Crippen MR) is 392 cm³/mol. The summed E-state index contributed by atoms with van der Waals surface area (Å²) in [6.45, 7) is 14.3. The molecule has 0 radical (unpaired) electrons. The average Bonchev–Trinajstić information content (AvgIpc) is 1.55. The van der Waals surface area contributed by atoms with Crippen LogP contribution in [0.4, 0.5) is 0 Å². The monoisotopic (exact) mass is 1200 g/mol. The Bertz CT molecular complexity index is 6200. The highest BCUT2D eigenvalue weighted by atomic mass is 15.0. The number of rotatable bonds is 6. The van der Waals surface area contributed by atoms with E-state index in [0.717, 1.165) is 55.9 Å². The summed E-state index contributed by atoms with van der Waals surface area (Å²) >= 11 is 0. The summed E-state index contributed by atoms with van der Waals surface area (Å²) < 4.78 is 7.39. The highest BCUT2D eigenvalue weighted by Gasteiger charge is 2.41. The van der Waals surface area contributed by atoms with Gasteiger partial charge in [0.1, 0.15) is 0 Å². The Morgan fingerprint density at radius 2 is 0.638 bits per heavy atom. The SMILES string of the molecule is CC1(C)c2ccccc2-c2ccc3c(c21)c1ccccc1n3-c1ccc(-c2nc(-c3cccc(-n4c5ccccc5c5c6c(ccc54)-c4ccccc4C6(C)C)c3)c3cc(-c4cccc(-n5c6ccccc6c6c7c(ccc65)-c5ccccc5C7(C)C)c4)ccc3n2)cc1. The summed E-state index contributed by atoms with van der Waals surface area (Å²) in [5.41, 5.74) is 32.1. The maximum absolute atomic E-state index is 5.73. The van der Waals surface area contributed by atoms with Crippen molar-refractivity contribution in [3.05, 3.63) is 306 Å². The summed E-state index contributed by atoms with van der Waals surface area (Å²) in [5, 5.41) is 8.72. The van der Waals surface area contributed by atoms with Crippen LogP contribution in [0.1, 0.15) is 74.9 Å². The van der Waals surface area contributed by atoms with Crippen molar-refractivity contribution in [2.24, 2.45) is 0 Å². The molecule has 4 aromatic heterocycles. The average molecular weight is 1200 g/mol. The molecule has 20 rings (SSSR count). The van der Waals surface area contributed by atoms with Crippen molar-refractivity contribution in [3.63, 3.8) is 0 Å². The van der Waals surface area contributed by atoms with Crippen molar-refractivity contribution in [2.75, 3.05) is 0 Å². The molecule has 4 heterocycles. The molecule has 0 bridgehead atoms. The van der Waals surface area contributed by atoms with Gasteiger partial charge in [-0.25, -0.2) is 9.97 Å². The number of fused-ring (bicyclic) bond motifs is 22. The molecule has 0 spiro atoms. The van der Waals surface area contributed by atoms with Crippen LogP contribution >= 0.6 is 0 Å². The molecule has 17 aromatic rings. The van der Waals surface area contributed by atoms with Crippen molar-refractivity contribution in [2.45, 2.75) is 57.8 Å². The smallest absolute Gasteiger partial charge is 0.160 e. The van der Waals surface area contributed by atoms with Gasteiger partial charge in [-0.3, -0.25) is 0 Å². The van der Waals surface area contributed by atoms with E-state index in [1.807, 2.05) is 0 Å². The molecule has 0 amide bonds. The van der Waals surface area contributed by atoms with Gasteiger partial charge >= 0.3 is 0 Å². The Morgan fingerprint density at radius 3 is 1.11 bits per heavy atom. The van der Waals surface area contributed by atoms with E-state index in [9.17, 15) is 0 Å². The molecule has 0 atom stereocenters. The number of hydrogen-bond donors (Lipinski definition) is 0. The minimum atomic E-state index is -0.185. The molecule has 0 N–H and O–H groups in total. The molecule has 3 aliphatic rings. The zero-order valence-corrected chi connectivity index (χ0v) is 53.2. The Balaban J connectivity index is 0.756. The Morgan fingerprint density at radius 1 is 0.255 bits per heavy atom. The fourth-order valence-corrected chi connectivity index (χ4v) is 17.9. The van der Waals surface area contributed by atoms with E-state index in [1.165, 1.54) is 132 Å². The molecule has 5 heteroatoms. The van der Waals surface area contributed by atoms with Gasteiger partial charge in [0.25, 0.3) is 0 Å². The van der Waals surface area contributed by atoms with Crippen LogP contribution in [-0.2, 0) is 16.2 Å². The van der Waals surface area contributed by atoms with Crippen LogP contribution in [0.5, 0.6) is 0 Å². The Labute approximate surface area is 545 Å². The molecule has 0 saturated carbocycles. The van der Waals surface area contributed by atoms with E-state index >= 15 is 0 Å². The van der Waals surface area contributed by atoms with Crippen LogP contribution < -0.4 is 0 Å². The number of para-hydroxylation sites is 3. The van der Waals surface area contributed by atoms with Crippen LogP contribution in [-0.4, -0.2) is 23.7 Å². The van der Waals surface area contributed by atoms with E-state index in [0.29, 0.717) is 5.82 Å². The third-order valence-electron chi connectivity index (χ3n) is 22.0. The minimum Gasteiger partial charge on any atom is -0.309 e. The lowest BCUT2D eigenvalue weighted by molar-refractivity contribution is 0.666. The first-order chi connectivity index (χ1) is 45.9. The van der Waals surface area contributed by atoms with Gasteiger partial charge < -0.3 is 13.7 Å². The van der Waals surface area contributed by atoms with Crippen molar-refractivity contribution in [3.8, 4) is 84.2 Å². The highest BCUT2D eigenvalue weighted by molar-refractivity contribution is 6.17. The summed E-state index contributed by atoms with van der Waals surface area (Å²) in [6.07, 6.45) is 0. The highest BCUT2D eigenvalue weighted by Crippen LogP contribution is 2.57. The van der Waals surface area contributed by atoms with Crippen LogP contribution in [0, 0.1) is 0 Å². The normalized spacial score (nSPS) is 14.5. The van der Waals surface area contributed by atoms with Gasteiger partial charge in [0.15, 0.2) is 5.82 Å². The van der Waals surface area contributed by atoms with Gasteiger partial charge in [-0.2, -0.15) is 0 Å². The molecule has 5 nitrogen and oxygen atoms in total. The van der Waals surface area contributed by atoms with Gasteiger partial charge in [0.2, 0.25) is 0 Å². The number of aromatic nitrogens is 5. The first kappa shape index (κ1) is 53.3. The molecule has 0 fully saturated rings. The fourth-order valence-electron chi connectivity index (χ4n) is 17.9. The van der Waals surface area contributed by atoms with Crippen molar-refractivity contribution in [1.82, 2.24) is 23.7 Å². The third-order valence-corrected chi connectivity index (χ3v) is 22.0. The van der Waals surface area contributed by atoms with Crippen molar-refractivity contribution < 1.29 is 0 Å². The van der Waals surface area contributed by atoms with Gasteiger partial charge in [-0.1, -0.05) is 217 Å². The number of nitrogens with zero attached hydrogens (tertiary/aromatic N) is 5. The van der Waals surface area contributed by atoms with E-state index in [2.05, 4.69) is 328 Å². The maximum atomic E-state index is 5.73. The predicted octanol–water partition coefficient (Wildman–Crippen LogP) is 22.8. The molecular weight excluding hydrogens is 1140 g/mol. The second-order valence-electron chi connectivity index (χ2n) is 28.0. The summed E-state index contributed by atoms with van der Waals surface area (Å²) in [7, 11) is 0. The number of hydrogen-bond acceptors (Lipinski definition) is 2. The zero-order valence-electron chi connectivity index (χ0n) is 53.2. The fraction of sp³-hybridized carbons (Fsp3) is 0.101. The second kappa shape index (κ2) is 18.9. The van der Waals surface area contributed by atoms with Gasteiger partial charge in [-0.05, 0) is 175 Å².